The van der Waals surface area contributed by atoms with Gasteiger partial charge in [0.05, 0.1) is 0 Å². The molecule has 1 heterocycles. The van der Waals surface area contributed by atoms with Crippen LogP contribution in [0.2, 0.25) is 0 Å². The summed E-state index contributed by atoms with van der Waals surface area (Å²) in [4.78, 5) is 0. The van der Waals surface area contributed by atoms with Gasteiger partial charge in [-0.1, -0.05) is 0 Å². The van der Waals surface area contributed by atoms with Crippen LogP contribution in [0.25, 0.3) is 0 Å². The molecule has 24 valence electrons. The van der Waals surface area contributed by atoms with Gasteiger partial charge < -0.3 is 0 Å². The molecule has 0 radical (unpaired) electrons. The zero-order valence-electron chi connectivity index (χ0n) is 2.64. The van der Waals surface area contributed by atoms with E-state index < -0.39 is 0 Å². The molecule has 0 aliphatic rings. The molecule has 0 aliphatic heterocycles. The van der Waals surface area contributed by atoms with E-state index in [-0.39, 0.29) is 0 Å². The van der Waals surface area contributed by atoms with Gasteiger partial charge in [0.15, 0.2) is 0 Å². The van der Waals surface area contributed by atoms with Gasteiger partial charge in [0.2, 0.25) is 0 Å². The summed E-state index contributed by atoms with van der Waals surface area (Å²) >= 11 is 0. The molecule has 0 aliphatic carbocycles. The molecule has 1 aromatic rings. The summed E-state index contributed by atoms with van der Waals surface area (Å²) < 4.78 is 4.53. The van der Waals surface area contributed by atoms with Gasteiger partial charge in [0.1, 0.15) is 0 Å². The van der Waals surface area contributed by atoms with Crippen molar-refractivity contribution < 1.29 is 4.33 Å². The van der Waals surface area contributed by atoms with Crippen molar-refractivity contribution in [1.29, 1.82) is 0 Å². The molecule has 1 aromatic heterocycles. The monoisotopic (exact) mass is 65.0 g/mol. The third-order valence-electron chi connectivity index (χ3n) is 0.379. The van der Waals surface area contributed by atoms with E-state index in [0.29, 0.717) is 0 Å². The van der Waals surface area contributed by atoms with E-state index in [1.54, 1.807) is 12.3 Å². The molecule has 0 unspecified atom stereocenters. The second-order valence-electron chi connectivity index (χ2n) is 0.723. The summed E-state index contributed by atoms with van der Waals surface area (Å²) in [7, 11) is 1.50. The SMILES string of the molecule is b1[c-]cco1. The summed E-state index contributed by atoms with van der Waals surface area (Å²) in [6.45, 7) is 0. The van der Waals surface area contributed by atoms with Crippen LogP contribution in [0, 0.1) is 5.96 Å². The van der Waals surface area contributed by atoms with E-state index in [1.165, 1.54) is 7.13 Å². The van der Waals surface area contributed by atoms with Gasteiger partial charge in [-0.25, -0.2) is 0 Å². The number of hydrogen-bond acceptors (Lipinski definition) is 1. The third kappa shape index (κ3) is 0.378. The van der Waals surface area contributed by atoms with Crippen LogP contribution < -0.4 is 0 Å². The van der Waals surface area contributed by atoms with E-state index in [2.05, 4.69) is 10.3 Å². The molecule has 0 fully saturated rings. The van der Waals surface area contributed by atoms with Crippen LogP contribution in [-0.2, 0) is 0 Å². The van der Waals surface area contributed by atoms with Crippen LogP contribution in [-0.4, -0.2) is 7.13 Å². The van der Waals surface area contributed by atoms with E-state index >= 15 is 0 Å². The minimum absolute atomic E-state index is 1.50. The van der Waals surface area contributed by atoms with E-state index in [0.717, 1.165) is 0 Å². The van der Waals surface area contributed by atoms with Gasteiger partial charge in [-0.2, -0.15) is 0 Å². The van der Waals surface area contributed by atoms with Crippen molar-refractivity contribution in [1.82, 2.24) is 0 Å². The van der Waals surface area contributed by atoms with E-state index in [9.17, 15) is 0 Å². The van der Waals surface area contributed by atoms with Crippen LogP contribution in [0.1, 0.15) is 0 Å². The molecule has 0 atom stereocenters. The number of rotatable bonds is 0. The maximum atomic E-state index is 4.53. The molecule has 0 spiro atoms. The Kier molecular flexibility index (Phi) is 0.574. The van der Waals surface area contributed by atoms with Gasteiger partial charge in [-0.15, -0.1) is 0 Å². The van der Waals surface area contributed by atoms with Crippen LogP contribution in [0.3, 0.4) is 0 Å². The fourth-order valence-electron chi connectivity index (χ4n) is 0.196. The van der Waals surface area contributed by atoms with E-state index in [1.807, 2.05) is 0 Å². The Morgan fingerprint density at radius 1 is 1.80 bits per heavy atom. The maximum absolute atomic E-state index is 4.53. The van der Waals surface area contributed by atoms with Gasteiger partial charge in [-0.3, -0.25) is 0 Å². The first-order valence-corrected chi connectivity index (χ1v) is 1.38. The summed E-state index contributed by atoms with van der Waals surface area (Å²) in [6.07, 6.45) is 1.57. The predicted molar refractivity (Wildman–Crippen MR) is 18.9 cm³/mol. The zero-order valence-corrected chi connectivity index (χ0v) is 2.64. The van der Waals surface area contributed by atoms with Crippen molar-refractivity contribution in [3.05, 3.63) is 18.3 Å². The molecule has 0 saturated heterocycles. The molecule has 0 amide bonds. The molecule has 2 heteroatoms. The predicted octanol–water partition coefficient (Wildman–Crippen LogP) is 0.418. The van der Waals surface area contributed by atoms with Crippen molar-refractivity contribution >= 4 is 7.13 Å². The topological polar surface area (TPSA) is 13.1 Å². The molecular formula is C3H2BO-. The molecule has 1 nitrogen and oxygen atoms in total. The molecule has 1 rings (SSSR count). The average molecular weight is 64.9 g/mol. The van der Waals surface area contributed by atoms with Crippen LogP contribution >= 0.6 is 0 Å². The van der Waals surface area contributed by atoms with Crippen LogP contribution in [0.5, 0.6) is 0 Å². The fourth-order valence-corrected chi connectivity index (χ4v) is 0.196. The van der Waals surface area contributed by atoms with Gasteiger partial charge in [0, 0.05) is 0 Å². The summed E-state index contributed by atoms with van der Waals surface area (Å²) in [6, 6.07) is 1.71. The second kappa shape index (κ2) is 1.06. The van der Waals surface area contributed by atoms with E-state index in [4.69, 9.17) is 0 Å². The molecule has 0 saturated carbocycles. The Morgan fingerprint density at radius 2 is 2.80 bits per heavy atom. The Bertz CT molecular complexity index is 63.4. The van der Waals surface area contributed by atoms with Gasteiger partial charge in [0.25, 0.3) is 0 Å². The first-order valence-electron chi connectivity index (χ1n) is 1.38. The van der Waals surface area contributed by atoms with Gasteiger partial charge in [-0.05, 0) is 0 Å². The fraction of sp³-hybridized carbons (Fsp3) is 0. The quantitative estimate of drug-likeness (QED) is 0.399. The van der Waals surface area contributed by atoms with Crippen molar-refractivity contribution in [3.63, 3.8) is 0 Å². The first kappa shape index (κ1) is 2.70. The molecule has 0 aromatic carbocycles. The third-order valence-corrected chi connectivity index (χ3v) is 0.379. The molecule has 0 bridgehead atoms. The normalized spacial score (nSPS) is 7.20. The van der Waals surface area contributed by atoms with Crippen molar-refractivity contribution in [3.8, 4) is 0 Å². The Morgan fingerprint density at radius 3 is 3.00 bits per heavy atom. The minimum atomic E-state index is 1.50. The summed E-state index contributed by atoms with van der Waals surface area (Å²) in [5.74, 6) is 2.69. The summed E-state index contributed by atoms with van der Waals surface area (Å²) in [5.41, 5.74) is 0. The zero-order chi connectivity index (χ0) is 3.54. The summed E-state index contributed by atoms with van der Waals surface area (Å²) in [5, 5.41) is 0. The van der Waals surface area contributed by atoms with Crippen LogP contribution in [0.4, 0.5) is 0 Å². The van der Waals surface area contributed by atoms with Crippen molar-refractivity contribution in [2.75, 3.05) is 0 Å². The molecule has 0 N–H and O–H groups in total. The average Bonchev–Trinajstić information content (AvgIpc) is 1.76. The molecule has 5 heavy (non-hydrogen) atoms. The number of hydrogen-bond donors (Lipinski definition) is 0. The van der Waals surface area contributed by atoms with Gasteiger partial charge >= 0.3 is 29.7 Å². The Hall–Kier alpha value is -0.525. The van der Waals surface area contributed by atoms with Crippen LogP contribution in [0.15, 0.2) is 16.7 Å². The standard InChI is InChI=1S/C3H2BO/c1-2-4-5-3-1/h1,3H/q-1. The van der Waals surface area contributed by atoms with Crippen molar-refractivity contribution in [2.24, 2.45) is 0 Å². The second-order valence-corrected chi connectivity index (χ2v) is 0.723. The Labute approximate surface area is 30.9 Å². The van der Waals surface area contributed by atoms with Crippen molar-refractivity contribution in [2.45, 2.75) is 0 Å². The Balaban J connectivity index is 3.13. The molecular weight excluding hydrogens is 62.8 g/mol. The first-order chi connectivity index (χ1) is 2.50.